The van der Waals surface area contributed by atoms with Gasteiger partial charge >= 0.3 is 0 Å². The van der Waals surface area contributed by atoms with Crippen molar-refractivity contribution in [3.63, 3.8) is 0 Å². The van der Waals surface area contributed by atoms with Crippen molar-refractivity contribution < 1.29 is 13.2 Å². The van der Waals surface area contributed by atoms with Crippen LogP contribution in [0.3, 0.4) is 0 Å². The summed E-state index contributed by atoms with van der Waals surface area (Å²) < 4.78 is 31.0. The molecule has 5 nitrogen and oxygen atoms in total. The number of nitrogens with zero attached hydrogens (tertiary/aromatic N) is 1. The molecule has 1 N–H and O–H groups in total. The standard InChI is InChI=1S/C12H16N2O3S/c1-10(9-13)18(15,16)14-12-6-4-3-5-11(12)7-8-17-2/h3-6,10,14H,7-8H2,1-2H3. The van der Waals surface area contributed by atoms with Crippen molar-refractivity contribution in [2.45, 2.75) is 18.6 Å². The van der Waals surface area contributed by atoms with Crippen LogP contribution < -0.4 is 4.72 Å². The van der Waals surface area contributed by atoms with Crippen LogP contribution in [0.4, 0.5) is 5.69 Å². The topological polar surface area (TPSA) is 79.2 Å². The number of rotatable bonds is 6. The quantitative estimate of drug-likeness (QED) is 0.848. The average Bonchev–Trinajstić information content (AvgIpc) is 2.36. The zero-order valence-corrected chi connectivity index (χ0v) is 11.2. The highest BCUT2D eigenvalue weighted by molar-refractivity contribution is 7.93. The minimum atomic E-state index is -3.66. The van der Waals surface area contributed by atoms with E-state index in [1.165, 1.54) is 6.92 Å². The maximum atomic E-state index is 11.8. The lowest BCUT2D eigenvalue weighted by atomic mass is 10.1. The van der Waals surface area contributed by atoms with E-state index in [4.69, 9.17) is 10.00 Å². The number of methoxy groups -OCH3 is 1. The Balaban J connectivity index is 2.94. The molecule has 0 heterocycles. The molecule has 0 saturated heterocycles. The SMILES string of the molecule is COCCc1ccccc1NS(=O)(=O)C(C)C#N. The zero-order valence-electron chi connectivity index (χ0n) is 10.4. The van der Waals surface area contributed by atoms with Gasteiger partial charge in [-0.3, -0.25) is 4.72 Å². The number of hydrogen-bond acceptors (Lipinski definition) is 4. The Morgan fingerprint density at radius 2 is 2.11 bits per heavy atom. The Morgan fingerprint density at radius 3 is 2.72 bits per heavy atom. The first-order chi connectivity index (χ1) is 8.51. The molecule has 1 rings (SSSR count). The maximum Gasteiger partial charge on any atom is 0.248 e. The summed E-state index contributed by atoms with van der Waals surface area (Å²) in [5, 5.41) is 7.58. The molecule has 1 aromatic carbocycles. The van der Waals surface area contributed by atoms with E-state index in [2.05, 4.69) is 4.72 Å². The highest BCUT2D eigenvalue weighted by atomic mass is 32.2. The van der Waals surface area contributed by atoms with Crippen molar-refractivity contribution in [3.05, 3.63) is 29.8 Å². The van der Waals surface area contributed by atoms with Crippen LogP contribution in [0.25, 0.3) is 0 Å². The molecule has 0 fully saturated rings. The van der Waals surface area contributed by atoms with Crippen LogP contribution in [-0.2, 0) is 21.2 Å². The fourth-order valence-corrected chi connectivity index (χ4v) is 2.18. The van der Waals surface area contributed by atoms with Crippen molar-refractivity contribution in [2.24, 2.45) is 0 Å². The highest BCUT2D eigenvalue weighted by Crippen LogP contribution is 2.18. The summed E-state index contributed by atoms with van der Waals surface area (Å²) in [7, 11) is -2.08. The summed E-state index contributed by atoms with van der Waals surface area (Å²) in [5.74, 6) is 0. The van der Waals surface area contributed by atoms with Crippen molar-refractivity contribution in [2.75, 3.05) is 18.4 Å². The molecule has 18 heavy (non-hydrogen) atoms. The Bertz CT molecular complexity index is 534. The molecule has 1 aromatic rings. The van der Waals surface area contributed by atoms with Crippen molar-refractivity contribution in [3.8, 4) is 6.07 Å². The number of hydrogen-bond donors (Lipinski definition) is 1. The zero-order chi connectivity index (χ0) is 13.6. The van der Waals surface area contributed by atoms with Gasteiger partial charge in [0.15, 0.2) is 5.25 Å². The summed E-state index contributed by atoms with van der Waals surface area (Å²) in [6, 6.07) is 8.78. The number of para-hydroxylation sites is 1. The molecule has 0 aliphatic carbocycles. The van der Waals surface area contributed by atoms with Crippen molar-refractivity contribution >= 4 is 15.7 Å². The first kappa shape index (κ1) is 14.5. The molecule has 0 aliphatic heterocycles. The Morgan fingerprint density at radius 1 is 1.44 bits per heavy atom. The molecule has 0 amide bonds. The third-order valence-electron chi connectivity index (χ3n) is 2.49. The van der Waals surface area contributed by atoms with Crippen molar-refractivity contribution in [1.82, 2.24) is 0 Å². The van der Waals surface area contributed by atoms with Gasteiger partial charge in [-0.25, -0.2) is 8.42 Å². The number of benzene rings is 1. The summed E-state index contributed by atoms with van der Waals surface area (Å²) in [4.78, 5) is 0. The van der Waals surface area contributed by atoms with Gasteiger partial charge in [0.1, 0.15) is 0 Å². The Labute approximate surface area is 107 Å². The third kappa shape index (κ3) is 3.72. The summed E-state index contributed by atoms with van der Waals surface area (Å²) >= 11 is 0. The van der Waals surface area contributed by atoms with E-state index in [0.717, 1.165) is 5.56 Å². The highest BCUT2D eigenvalue weighted by Gasteiger charge is 2.20. The van der Waals surface area contributed by atoms with Crippen LogP contribution in [0.1, 0.15) is 12.5 Å². The first-order valence-electron chi connectivity index (χ1n) is 5.49. The summed E-state index contributed by atoms with van der Waals surface area (Å²) in [5.41, 5.74) is 1.34. The van der Waals surface area contributed by atoms with Crippen LogP contribution in [0.15, 0.2) is 24.3 Å². The maximum absolute atomic E-state index is 11.8. The number of nitriles is 1. The fourth-order valence-electron chi connectivity index (χ4n) is 1.36. The molecule has 98 valence electrons. The average molecular weight is 268 g/mol. The van der Waals surface area contributed by atoms with E-state index in [1.807, 2.05) is 12.1 Å². The molecule has 0 bridgehead atoms. The van der Waals surface area contributed by atoms with Crippen molar-refractivity contribution in [1.29, 1.82) is 5.26 Å². The molecule has 0 aliphatic rings. The van der Waals surface area contributed by atoms with Gasteiger partial charge in [-0.15, -0.1) is 0 Å². The van der Waals surface area contributed by atoms with Crippen LogP contribution in [0, 0.1) is 11.3 Å². The van der Waals surface area contributed by atoms with E-state index in [9.17, 15) is 8.42 Å². The van der Waals surface area contributed by atoms with Gasteiger partial charge in [-0.05, 0) is 25.0 Å². The van der Waals surface area contributed by atoms with Gasteiger partial charge in [0.25, 0.3) is 0 Å². The normalized spacial score (nSPS) is 12.7. The number of nitrogens with one attached hydrogen (secondary N) is 1. The van der Waals surface area contributed by atoms with Crippen LogP contribution >= 0.6 is 0 Å². The van der Waals surface area contributed by atoms with Crippen LogP contribution in [0.5, 0.6) is 0 Å². The predicted octanol–water partition coefficient (Wildman–Crippen LogP) is 1.53. The minimum absolute atomic E-state index is 0.497. The van der Waals surface area contributed by atoms with E-state index in [0.29, 0.717) is 18.7 Å². The largest absolute Gasteiger partial charge is 0.384 e. The van der Waals surface area contributed by atoms with E-state index in [-0.39, 0.29) is 0 Å². The van der Waals surface area contributed by atoms with E-state index in [1.54, 1.807) is 25.3 Å². The second kappa shape index (κ2) is 6.38. The van der Waals surface area contributed by atoms with E-state index >= 15 is 0 Å². The second-order valence-electron chi connectivity index (χ2n) is 3.82. The number of ether oxygens (including phenoxy) is 1. The lowest BCUT2D eigenvalue weighted by Gasteiger charge is -2.13. The first-order valence-corrected chi connectivity index (χ1v) is 7.04. The van der Waals surface area contributed by atoms with Gasteiger partial charge in [-0.1, -0.05) is 18.2 Å². The lowest BCUT2D eigenvalue weighted by Crippen LogP contribution is -2.24. The van der Waals surface area contributed by atoms with Gasteiger partial charge in [0.05, 0.1) is 18.4 Å². The molecular weight excluding hydrogens is 252 g/mol. The molecule has 1 unspecified atom stereocenters. The fraction of sp³-hybridized carbons (Fsp3) is 0.417. The lowest BCUT2D eigenvalue weighted by molar-refractivity contribution is 0.202. The number of sulfonamides is 1. The third-order valence-corrected chi connectivity index (χ3v) is 4.03. The van der Waals surface area contributed by atoms with Crippen LogP contribution in [0.2, 0.25) is 0 Å². The molecule has 1 atom stereocenters. The van der Waals surface area contributed by atoms with E-state index < -0.39 is 15.3 Å². The van der Waals surface area contributed by atoms with Crippen LogP contribution in [-0.4, -0.2) is 27.4 Å². The number of anilines is 1. The molecule has 0 spiro atoms. The predicted molar refractivity (Wildman–Crippen MR) is 69.6 cm³/mol. The van der Waals surface area contributed by atoms with Gasteiger partial charge in [0.2, 0.25) is 10.0 Å². The molecule has 0 aromatic heterocycles. The smallest absolute Gasteiger partial charge is 0.248 e. The molecule has 6 heteroatoms. The monoisotopic (exact) mass is 268 g/mol. The summed E-state index contributed by atoms with van der Waals surface area (Å²) in [6.45, 7) is 1.85. The summed E-state index contributed by atoms with van der Waals surface area (Å²) in [6.07, 6.45) is 0.607. The minimum Gasteiger partial charge on any atom is -0.384 e. The molecule has 0 radical (unpaired) electrons. The molecule has 0 saturated carbocycles. The van der Waals surface area contributed by atoms with Gasteiger partial charge in [-0.2, -0.15) is 5.26 Å². The Hall–Kier alpha value is -1.58. The van der Waals surface area contributed by atoms with Gasteiger partial charge in [0, 0.05) is 7.11 Å². The van der Waals surface area contributed by atoms with Gasteiger partial charge < -0.3 is 4.74 Å². The molecular formula is C12H16N2O3S. The second-order valence-corrected chi connectivity index (χ2v) is 5.82. The Kier molecular flexibility index (Phi) is 5.13.